The summed E-state index contributed by atoms with van der Waals surface area (Å²) in [4.78, 5) is 0. The van der Waals surface area contributed by atoms with Gasteiger partial charge in [-0.3, -0.25) is 0 Å². The van der Waals surface area contributed by atoms with Crippen LogP contribution in [0.25, 0.3) is 44.5 Å². The topological polar surface area (TPSA) is 277 Å². The van der Waals surface area contributed by atoms with Crippen molar-refractivity contribution in [2.24, 2.45) is 0 Å². The molecule has 0 aliphatic carbocycles. The van der Waals surface area contributed by atoms with Gasteiger partial charge in [-0.15, -0.1) is 0 Å². The van der Waals surface area contributed by atoms with Crippen molar-refractivity contribution in [2.75, 3.05) is 68.1 Å². The Hall–Kier alpha value is -9.84. The van der Waals surface area contributed by atoms with E-state index in [1.165, 1.54) is 41.1 Å². The molecule has 9 aromatic rings. The van der Waals surface area contributed by atoms with E-state index in [4.69, 9.17) is 52.1 Å². The Kier molecular flexibility index (Phi) is 27.3. The number of phenols is 1. The number of benzene rings is 9. The Labute approximate surface area is 714 Å². The molecule has 0 saturated carbocycles. The van der Waals surface area contributed by atoms with Crippen LogP contribution in [0.4, 0.5) is 52.7 Å². The van der Waals surface area contributed by atoms with Gasteiger partial charge in [0.1, 0.15) is 112 Å². The smallest absolute Gasteiger partial charge is 0.507 e. The van der Waals surface area contributed by atoms with Gasteiger partial charge in [0, 0.05) is 42.9 Å². The molecule has 4 aliphatic heterocycles. The van der Waals surface area contributed by atoms with Crippen LogP contribution >= 0.6 is 28.6 Å². The maximum absolute atomic E-state index is 14.3. The molecule has 4 atom stereocenters. The first-order valence-electron chi connectivity index (χ1n) is 37.6. The maximum atomic E-state index is 14.3. The fourth-order valence-electron chi connectivity index (χ4n) is 13.8. The summed E-state index contributed by atoms with van der Waals surface area (Å²) in [5.41, 5.74) is -11.4. The third kappa shape index (κ3) is 18.7. The van der Waals surface area contributed by atoms with Gasteiger partial charge in [-0.05, 0) is 114 Å². The number of fused-ring (bicyclic) bond motifs is 4. The molecule has 9 aromatic carbocycles. The van der Waals surface area contributed by atoms with Crippen LogP contribution in [-0.2, 0) is 57.5 Å². The van der Waals surface area contributed by atoms with Gasteiger partial charge < -0.3 is 83.8 Å². The van der Waals surface area contributed by atoms with Crippen molar-refractivity contribution in [3.05, 3.63) is 168 Å². The zero-order valence-electron chi connectivity index (χ0n) is 70.6. The van der Waals surface area contributed by atoms with E-state index in [0.29, 0.717) is 109 Å². The molecule has 0 unspecified atom stereocenters. The van der Waals surface area contributed by atoms with E-state index in [-0.39, 0.29) is 41.9 Å². The van der Waals surface area contributed by atoms with Crippen molar-refractivity contribution in [3.63, 3.8) is 0 Å². The molecule has 0 fully saturated rings. The standard InChI is InChI=1S/C26H29O5P.C20H16F9O5PS.C20H22F3O7PS.C19H23O5P/c1-26(2,3)32(27)17-31-24-19(23-20(28-4)12-9-13-21(23)29-5)14-15-22(25(24)32)30-16-18-10-7-6-8-11-18;1-17(2,3)35(30)9-33-15-13(4-5-14(16(15)35)34-36(31,32)20(27,28)29)10-6-11(18(21,22)23)8-12(7-10)19(24,25)26;1-19(2,3)31(24)11-29-17-12(16-13(27-4)7-6-8-14(16)28-5)9-10-15(18(17)31)30-32(25,26)20(21,22)23;1-19(2,3)25(21)11-24-17-12(9-10-13(20)18(17)25)16-14(22-4)7-6-8-15(16)23-5/h6-15H,16-17H2,1-5H3;4-8H,9H2,1-3H3;6-10H,11H2,1-5H3;6-10,20H,11H2,1-5H3/t32-;35-;31-;25-/m1111/s1. The van der Waals surface area contributed by atoms with Gasteiger partial charge in [0.05, 0.1) is 81.1 Å². The van der Waals surface area contributed by atoms with E-state index in [1.54, 1.807) is 79.5 Å². The van der Waals surface area contributed by atoms with Gasteiger partial charge in [0.25, 0.3) is 0 Å². The van der Waals surface area contributed by atoms with Crippen molar-refractivity contribution < 1.29 is 153 Å². The van der Waals surface area contributed by atoms with Crippen LogP contribution in [0.2, 0.25) is 0 Å². The summed E-state index contributed by atoms with van der Waals surface area (Å²) in [6.45, 7) is 21.1. The monoisotopic (exact) mass is 1880 g/mol. The molecule has 4 aliphatic rings. The normalized spacial score (nSPS) is 18.6. The number of aromatic hydroxyl groups is 1. The lowest BCUT2D eigenvalue weighted by molar-refractivity contribution is -0.143. The highest BCUT2D eigenvalue weighted by molar-refractivity contribution is 7.88. The van der Waals surface area contributed by atoms with Crippen molar-refractivity contribution in [3.8, 4) is 125 Å². The number of rotatable bonds is 17. The number of alkyl halides is 12. The lowest BCUT2D eigenvalue weighted by Gasteiger charge is -2.27. The quantitative estimate of drug-likeness (QED) is 0.0384. The molecule has 4 heterocycles. The SMILES string of the molecule is CC(C)(C)[P@@]1(=O)COc2c(-c3cc(C(F)(F)F)cc(C(F)(F)F)c3)ccc(OS(=O)(=O)C(F)(F)F)c21.COc1cccc(OC)c1-c1ccc(O)c2c1OC[P@]2(=O)C(C)(C)C.COc1cccc(OC)c1-c1ccc(OCc2ccccc2)c2c1OC[P@]2(=O)C(C)(C)C.COc1cccc(OC)c1-c1ccc(OS(=O)(=O)C(F)(F)F)c2c1OC[P@]2(=O)C(C)(C)C. The highest BCUT2D eigenvalue weighted by Crippen LogP contribution is 2.69. The summed E-state index contributed by atoms with van der Waals surface area (Å²) in [5, 5.41) is 7.40. The molecular weight excluding hydrogens is 1790 g/mol. The molecule has 13 rings (SSSR count). The molecule has 0 spiro atoms. The average molecular weight is 1880 g/mol. The predicted molar refractivity (Wildman–Crippen MR) is 450 cm³/mol. The van der Waals surface area contributed by atoms with Crippen LogP contribution in [0.3, 0.4) is 0 Å². The summed E-state index contributed by atoms with van der Waals surface area (Å²) >= 11 is 0. The average Bonchev–Trinajstić information content (AvgIpc) is 1.61. The molecule has 125 heavy (non-hydrogen) atoms. The van der Waals surface area contributed by atoms with Crippen LogP contribution in [-0.4, -0.2) is 122 Å². The molecule has 678 valence electrons. The summed E-state index contributed by atoms with van der Waals surface area (Å²) in [6, 6.07) is 37.4. The van der Waals surface area contributed by atoms with E-state index in [1.807, 2.05) is 120 Å². The van der Waals surface area contributed by atoms with Crippen LogP contribution in [0.5, 0.6) is 80.5 Å². The molecule has 22 nitrogen and oxygen atoms in total. The number of hydrogen-bond donors (Lipinski definition) is 1. The second kappa shape index (κ2) is 35.1. The van der Waals surface area contributed by atoms with Crippen molar-refractivity contribution in [1.29, 1.82) is 0 Å². The van der Waals surface area contributed by atoms with Crippen LogP contribution < -0.4 is 81.7 Å². The molecule has 0 bridgehead atoms. The summed E-state index contributed by atoms with van der Waals surface area (Å²) in [6.07, 6.45) is -11.2. The van der Waals surface area contributed by atoms with Crippen LogP contribution in [0.15, 0.2) is 152 Å². The van der Waals surface area contributed by atoms with Crippen LogP contribution in [0.1, 0.15) is 99.8 Å². The lowest BCUT2D eigenvalue weighted by Crippen LogP contribution is -2.30. The maximum Gasteiger partial charge on any atom is 0.534 e. The van der Waals surface area contributed by atoms with Gasteiger partial charge in [0.15, 0.2) is 40.1 Å². The minimum atomic E-state index is -6.27. The van der Waals surface area contributed by atoms with Gasteiger partial charge >= 0.3 is 43.6 Å². The Bertz CT molecular complexity index is 5950. The van der Waals surface area contributed by atoms with Gasteiger partial charge in [0.2, 0.25) is 0 Å². The zero-order valence-corrected chi connectivity index (χ0v) is 75.8. The molecule has 0 amide bonds. The molecule has 0 aromatic heterocycles. The highest BCUT2D eigenvalue weighted by atomic mass is 32.2. The van der Waals surface area contributed by atoms with E-state index in [0.717, 1.165) is 28.8 Å². The number of methoxy groups -OCH3 is 6. The minimum Gasteiger partial charge on any atom is -0.507 e. The molecular formula is C85H90F12O22P4S2. The number of hydrogen-bond acceptors (Lipinski definition) is 22. The molecule has 1 N–H and O–H groups in total. The first kappa shape index (κ1) is 97.4. The van der Waals surface area contributed by atoms with Gasteiger partial charge in [-0.25, -0.2) is 0 Å². The van der Waals surface area contributed by atoms with Crippen molar-refractivity contribution in [1.82, 2.24) is 0 Å². The highest BCUT2D eigenvalue weighted by Gasteiger charge is 2.57. The third-order valence-corrected chi connectivity index (χ3v) is 38.1. The Morgan fingerprint density at radius 2 is 0.608 bits per heavy atom. The second-order valence-electron chi connectivity index (χ2n) is 32.6. The largest absolute Gasteiger partial charge is 0.534 e. The predicted octanol–water partition coefficient (Wildman–Crippen LogP) is 21.8. The Morgan fingerprint density at radius 1 is 0.336 bits per heavy atom. The van der Waals surface area contributed by atoms with Crippen LogP contribution in [0, 0.1) is 0 Å². The number of ether oxygens (including phenoxy) is 11. The van der Waals surface area contributed by atoms with Crippen molar-refractivity contribution in [2.45, 2.75) is 134 Å². The fraction of sp³-hybridized carbons (Fsp3) is 0.365. The zero-order chi connectivity index (χ0) is 93.1. The lowest BCUT2D eigenvalue weighted by atomic mass is 9.98. The van der Waals surface area contributed by atoms with E-state index in [9.17, 15) is 92.9 Å². The third-order valence-electron chi connectivity index (χ3n) is 20.9. The Morgan fingerprint density at radius 3 is 0.904 bits per heavy atom. The number of phenolic OH excluding ortho intramolecular Hbond substituents is 1. The van der Waals surface area contributed by atoms with E-state index in [2.05, 4.69) is 8.37 Å². The van der Waals surface area contributed by atoms with Crippen molar-refractivity contribution >= 4 is 70.0 Å². The Balaban J connectivity index is 0.000000175. The summed E-state index contributed by atoms with van der Waals surface area (Å²) in [5.74, 6) is 2.47. The summed E-state index contributed by atoms with van der Waals surface area (Å²) in [7, 11) is -16.4. The van der Waals surface area contributed by atoms with E-state index < -0.39 is 144 Å². The molecule has 0 radical (unpaired) electrons. The van der Waals surface area contributed by atoms with E-state index >= 15 is 0 Å². The molecule has 40 heteroatoms. The summed E-state index contributed by atoms with van der Waals surface area (Å²) < 4.78 is 331. The first-order valence-corrected chi connectivity index (χ1v) is 48.0. The second-order valence-corrected chi connectivity index (χ2v) is 49.7. The number of halogens is 12. The minimum absolute atomic E-state index is 0.00312. The molecule has 0 saturated heterocycles. The first-order chi connectivity index (χ1) is 57.7. The van der Waals surface area contributed by atoms with Gasteiger partial charge in [-0.1, -0.05) is 132 Å². The van der Waals surface area contributed by atoms with Gasteiger partial charge in [-0.2, -0.15) is 69.5 Å². The fourth-order valence-corrected chi connectivity index (χ4v) is 24.8.